The van der Waals surface area contributed by atoms with E-state index >= 15 is 0 Å². The van der Waals surface area contributed by atoms with Crippen molar-refractivity contribution in [2.45, 2.75) is 33.1 Å². The lowest BCUT2D eigenvalue weighted by atomic mass is 9.92. The van der Waals surface area contributed by atoms with Gasteiger partial charge < -0.3 is 9.73 Å². The number of aryl methyl sites for hydroxylation is 1. The van der Waals surface area contributed by atoms with Crippen LogP contribution in [0.5, 0.6) is 0 Å². The molecule has 0 saturated carbocycles. The smallest absolute Gasteiger partial charge is 0.294 e. The van der Waals surface area contributed by atoms with Crippen LogP contribution in [-0.2, 0) is 5.41 Å². The number of anilines is 1. The third-order valence-corrected chi connectivity index (χ3v) is 1.69. The summed E-state index contributed by atoms with van der Waals surface area (Å²) in [7, 11) is 1.80. The summed E-state index contributed by atoms with van der Waals surface area (Å²) < 4.78 is 5.51. The molecule has 1 aromatic rings. The van der Waals surface area contributed by atoms with Gasteiger partial charge in [0.25, 0.3) is 6.01 Å². The molecule has 0 bridgehead atoms. The van der Waals surface area contributed by atoms with Crippen LogP contribution in [-0.4, -0.2) is 12.0 Å². The monoisotopic (exact) mass is 168 g/mol. The lowest BCUT2D eigenvalue weighted by Crippen LogP contribution is -2.11. The number of hydrogen-bond donors (Lipinski definition) is 1. The number of nitrogens with one attached hydrogen (secondary N) is 1. The van der Waals surface area contributed by atoms with Gasteiger partial charge in [0.2, 0.25) is 0 Å². The Morgan fingerprint density at radius 2 is 1.92 bits per heavy atom. The van der Waals surface area contributed by atoms with Gasteiger partial charge in [-0.2, -0.15) is 4.98 Å². The molecule has 1 N–H and O–H groups in total. The van der Waals surface area contributed by atoms with Gasteiger partial charge >= 0.3 is 0 Å². The second-order valence-electron chi connectivity index (χ2n) is 3.93. The molecule has 0 saturated heterocycles. The van der Waals surface area contributed by atoms with E-state index in [1.807, 2.05) is 6.92 Å². The quantitative estimate of drug-likeness (QED) is 0.699. The molecule has 0 fully saturated rings. The summed E-state index contributed by atoms with van der Waals surface area (Å²) in [5, 5.41) is 2.88. The Balaban J connectivity index is 3.08. The van der Waals surface area contributed by atoms with Crippen molar-refractivity contribution < 1.29 is 4.42 Å². The number of hydrogen-bond acceptors (Lipinski definition) is 3. The number of oxazole rings is 1. The van der Waals surface area contributed by atoms with Crippen LogP contribution in [0.3, 0.4) is 0 Å². The molecule has 0 aliphatic heterocycles. The maximum absolute atomic E-state index is 5.51. The molecular formula is C9H16N2O. The summed E-state index contributed by atoms with van der Waals surface area (Å²) in [6.07, 6.45) is 0. The van der Waals surface area contributed by atoms with Crippen molar-refractivity contribution in [2.75, 3.05) is 12.4 Å². The molecule has 0 atom stereocenters. The third-order valence-electron chi connectivity index (χ3n) is 1.69. The average Bonchev–Trinajstić information content (AvgIpc) is 2.29. The molecule has 1 rings (SSSR count). The van der Waals surface area contributed by atoms with Crippen molar-refractivity contribution >= 4 is 6.01 Å². The summed E-state index contributed by atoms with van der Waals surface area (Å²) in [6, 6.07) is 0.595. The zero-order valence-electron chi connectivity index (χ0n) is 8.36. The van der Waals surface area contributed by atoms with Crippen molar-refractivity contribution in [3.63, 3.8) is 0 Å². The largest absolute Gasteiger partial charge is 0.428 e. The zero-order valence-corrected chi connectivity index (χ0v) is 8.36. The minimum Gasteiger partial charge on any atom is -0.428 e. The second-order valence-corrected chi connectivity index (χ2v) is 3.93. The van der Waals surface area contributed by atoms with Crippen LogP contribution in [0.25, 0.3) is 0 Å². The predicted molar refractivity (Wildman–Crippen MR) is 49.5 cm³/mol. The highest BCUT2D eigenvalue weighted by atomic mass is 16.4. The normalized spacial score (nSPS) is 11.8. The topological polar surface area (TPSA) is 38.1 Å². The first kappa shape index (κ1) is 9.10. The number of aromatic nitrogens is 1. The van der Waals surface area contributed by atoms with Gasteiger partial charge in [-0.05, 0) is 6.92 Å². The van der Waals surface area contributed by atoms with Crippen molar-refractivity contribution in [1.82, 2.24) is 4.98 Å². The second kappa shape index (κ2) is 2.81. The Kier molecular flexibility index (Phi) is 2.13. The molecule has 0 spiro atoms. The Hall–Kier alpha value is -0.990. The van der Waals surface area contributed by atoms with Crippen LogP contribution in [0.15, 0.2) is 4.42 Å². The molecule has 12 heavy (non-hydrogen) atoms. The summed E-state index contributed by atoms with van der Waals surface area (Å²) in [5.74, 6) is 0.951. The third kappa shape index (κ3) is 1.60. The van der Waals surface area contributed by atoms with Gasteiger partial charge in [0.05, 0.1) is 5.69 Å². The Morgan fingerprint density at radius 3 is 2.17 bits per heavy atom. The molecule has 68 valence electrons. The summed E-state index contributed by atoms with van der Waals surface area (Å²) >= 11 is 0. The number of nitrogens with zero attached hydrogens (tertiary/aromatic N) is 1. The van der Waals surface area contributed by atoms with E-state index in [2.05, 4.69) is 31.1 Å². The maximum atomic E-state index is 5.51. The summed E-state index contributed by atoms with van der Waals surface area (Å²) in [6.45, 7) is 8.30. The van der Waals surface area contributed by atoms with Gasteiger partial charge in [-0.1, -0.05) is 20.8 Å². The van der Waals surface area contributed by atoms with Crippen molar-refractivity contribution in [3.8, 4) is 0 Å². The van der Waals surface area contributed by atoms with Gasteiger partial charge in [0.1, 0.15) is 5.76 Å². The molecule has 0 unspecified atom stereocenters. The molecular weight excluding hydrogens is 152 g/mol. The van der Waals surface area contributed by atoms with Gasteiger partial charge in [-0.3, -0.25) is 0 Å². The van der Waals surface area contributed by atoms with Crippen molar-refractivity contribution in [2.24, 2.45) is 0 Å². The van der Waals surface area contributed by atoms with Crippen LogP contribution < -0.4 is 5.32 Å². The molecule has 0 aromatic carbocycles. The van der Waals surface area contributed by atoms with Crippen LogP contribution in [0, 0.1) is 6.92 Å². The first-order chi connectivity index (χ1) is 5.45. The van der Waals surface area contributed by atoms with E-state index in [1.165, 1.54) is 0 Å². The first-order valence-corrected chi connectivity index (χ1v) is 4.11. The minimum atomic E-state index is 0.0339. The molecule has 0 aliphatic rings. The van der Waals surface area contributed by atoms with Gasteiger partial charge in [0, 0.05) is 12.5 Å². The average molecular weight is 168 g/mol. The van der Waals surface area contributed by atoms with E-state index in [0.717, 1.165) is 11.5 Å². The molecule has 1 heterocycles. The fourth-order valence-electron chi connectivity index (χ4n) is 1.20. The standard InChI is InChI=1S/C9H16N2O/c1-6-7(9(2,3)4)12-8(10-5)11-6/h1-5H3,(H,10,11). The van der Waals surface area contributed by atoms with E-state index in [9.17, 15) is 0 Å². The van der Waals surface area contributed by atoms with E-state index in [-0.39, 0.29) is 5.41 Å². The molecule has 0 amide bonds. The van der Waals surface area contributed by atoms with Crippen molar-refractivity contribution in [3.05, 3.63) is 11.5 Å². The fourth-order valence-corrected chi connectivity index (χ4v) is 1.20. The van der Waals surface area contributed by atoms with E-state index in [0.29, 0.717) is 6.01 Å². The summed E-state index contributed by atoms with van der Waals surface area (Å²) in [4.78, 5) is 4.22. The molecule has 3 heteroatoms. The molecule has 1 aromatic heterocycles. The SMILES string of the molecule is CNc1nc(C)c(C(C)(C)C)o1. The fraction of sp³-hybridized carbons (Fsp3) is 0.667. The highest BCUT2D eigenvalue weighted by Crippen LogP contribution is 2.27. The lowest BCUT2D eigenvalue weighted by Gasteiger charge is -2.14. The lowest BCUT2D eigenvalue weighted by molar-refractivity contribution is 0.414. The first-order valence-electron chi connectivity index (χ1n) is 4.11. The van der Waals surface area contributed by atoms with E-state index in [4.69, 9.17) is 4.42 Å². The Labute approximate surface area is 73.2 Å². The van der Waals surface area contributed by atoms with E-state index < -0.39 is 0 Å². The highest BCUT2D eigenvalue weighted by Gasteiger charge is 2.22. The molecule has 3 nitrogen and oxygen atoms in total. The van der Waals surface area contributed by atoms with Crippen LogP contribution >= 0.6 is 0 Å². The Bertz CT molecular complexity index is 271. The number of rotatable bonds is 1. The van der Waals surface area contributed by atoms with Gasteiger partial charge in [-0.15, -0.1) is 0 Å². The Morgan fingerprint density at radius 1 is 1.33 bits per heavy atom. The predicted octanol–water partition coefficient (Wildman–Crippen LogP) is 2.32. The highest BCUT2D eigenvalue weighted by molar-refractivity contribution is 5.27. The van der Waals surface area contributed by atoms with Crippen LogP contribution in [0.2, 0.25) is 0 Å². The maximum Gasteiger partial charge on any atom is 0.294 e. The summed E-state index contributed by atoms with van der Waals surface area (Å²) in [5.41, 5.74) is 0.999. The van der Waals surface area contributed by atoms with Gasteiger partial charge in [-0.25, -0.2) is 0 Å². The minimum absolute atomic E-state index is 0.0339. The molecule has 0 aliphatic carbocycles. The van der Waals surface area contributed by atoms with Gasteiger partial charge in [0.15, 0.2) is 0 Å². The molecule has 0 radical (unpaired) electrons. The van der Waals surface area contributed by atoms with Crippen LogP contribution in [0.1, 0.15) is 32.2 Å². The van der Waals surface area contributed by atoms with Crippen LogP contribution in [0.4, 0.5) is 6.01 Å². The van der Waals surface area contributed by atoms with E-state index in [1.54, 1.807) is 7.05 Å². The zero-order chi connectivity index (χ0) is 9.35. The van der Waals surface area contributed by atoms with Crippen molar-refractivity contribution in [1.29, 1.82) is 0 Å².